The molecule has 48 valence electrons. The third kappa shape index (κ3) is 5370. The molecule has 0 aromatic carbocycles. The molecule has 0 aliphatic carbocycles. The number of carboxylic acid groups (broad SMARTS) is 1. The van der Waals surface area contributed by atoms with Gasteiger partial charge in [0.15, 0.2) is 0 Å². The Balaban J connectivity index is -0.0000000150. The van der Waals surface area contributed by atoms with Crippen LogP contribution in [-0.4, -0.2) is 11.2 Å². The van der Waals surface area contributed by atoms with Crippen molar-refractivity contribution >= 4 is 43.3 Å². The van der Waals surface area contributed by atoms with Crippen LogP contribution in [0, 0.1) is 0 Å². The van der Waals surface area contributed by atoms with E-state index in [1.807, 2.05) is 0 Å². The molecule has 0 heterocycles. The lowest BCUT2D eigenvalue weighted by atomic mass is 11.3. The zero-order valence-corrected chi connectivity index (χ0v) is 5.61. The van der Waals surface area contributed by atoms with Gasteiger partial charge < -0.3 is 10.8 Å². The highest BCUT2D eigenvalue weighted by atomic mass is 35.5. The first-order chi connectivity index (χ1) is 1.73. The Morgan fingerprint density at radius 2 is 1.29 bits per heavy atom. The number of nitrogens with two attached hydrogens (primary N) is 1. The molecular weight excluding hydrogens is 164 g/mol. The highest BCUT2D eigenvalue weighted by Gasteiger charge is 1.65. The summed E-state index contributed by atoms with van der Waals surface area (Å²) < 4.78 is 0. The van der Waals surface area contributed by atoms with Gasteiger partial charge in [-0.1, -0.05) is 0 Å². The number of hydrogen-bond acceptors (Lipinski definition) is 1. The first-order valence-corrected chi connectivity index (χ1v) is 0.716. The Morgan fingerprint density at radius 3 is 1.29 bits per heavy atom. The standard InChI is InChI=1S/CH3NO2.3ClH/c2-1(3)4;;;/h2H2,(H,3,4);3*1H. The second-order valence-corrected chi connectivity index (χ2v) is 0.338. The molecule has 0 saturated heterocycles. The van der Waals surface area contributed by atoms with Gasteiger partial charge in [0.05, 0.1) is 0 Å². The molecule has 0 spiro atoms. The van der Waals surface area contributed by atoms with E-state index in [0.717, 1.165) is 0 Å². The molecule has 0 saturated carbocycles. The maximum Gasteiger partial charge on any atom is 0.402 e. The number of rotatable bonds is 0. The van der Waals surface area contributed by atoms with E-state index in [1.54, 1.807) is 0 Å². The van der Waals surface area contributed by atoms with Crippen LogP contribution < -0.4 is 5.73 Å². The van der Waals surface area contributed by atoms with E-state index in [-0.39, 0.29) is 37.2 Å². The molecule has 0 aromatic rings. The van der Waals surface area contributed by atoms with Crippen LogP contribution in [0.3, 0.4) is 0 Å². The maximum absolute atomic E-state index is 8.78. The Labute approximate surface area is 59.5 Å². The van der Waals surface area contributed by atoms with E-state index in [9.17, 15) is 0 Å². The average molecular weight is 170 g/mol. The van der Waals surface area contributed by atoms with Gasteiger partial charge in [-0.05, 0) is 0 Å². The summed E-state index contributed by atoms with van der Waals surface area (Å²) in [5.41, 5.74) is 4.03. The van der Waals surface area contributed by atoms with Gasteiger partial charge in [-0.15, -0.1) is 37.2 Å². The summed E-state index contributed by atoms with van der Waals surface area (Å²) >= 11 is 0. The summed E-state index contributed by atoms with van der Waals surface area (Å²) in [6, 6.07) is 0. The Morgan fingerprint density at radius 1 is 1.29 bits per heavy atom. The van der Waals surface area contributed by atoms with Gasteiger partial charge in [0.25, 0.3) is 0 Å². The summed E-state index contributed by atoms with van der Waals surface area (Å²) in [5, 5.41) is 7.19. The highest BCUT2D eigenvalue weighted by Crippen LogP contribution is 1.34. The zero-order valence-electron chi connectivity index (χ0n) is 3.16. The number of primary amides is 1. The lowest BCUT2D eigenvalue weighted by Gasteiger charge is -1.61. The molecule has 0 aliphatic heterocycles. The van der Waals surface area contributed by atoms with E-state index in [2.05, 4.69) is 5.73 Å². The van der Waals surface area contributed by atoms with Gasteiger partial charge in [-0.2, -0.15) is 0 Å². The largest absolute Gasteiger partial charge is 0.465 e. The van der Waals surface area contributed by atoms with Gasteiger partial charge in [-0.3, -0.25) is 0 Å². The fourth-order valence-electron chi connectivity index (χ4n) is 0. The maximum atomic E-state index is 8.78. The van der Waals surface area contributed by atoms with Crippen molar-refractivity contribution in [3.8, 4) is 0 Å². The van der Waals surface area contributed by atoms with Crippen LogP contribution in [0.5, 0.6) is 0 Å². The predicted octanol–water partition coefficient (Wildman–Crippen LogP) is 0.889. The zero-order chi connectivity index (χ0) is 3.58. The Hall–Kier alpha value is 0.140. The van der Waals surface area contributed by atoms with E-state index in [4.69, 9.17) is 9.90 Å². The monoisotopic (exact) mass is 169 g/mol. The third-order valence-corrected chi connectivity index (χ3v) is 0. The van der Waals surface area contributed by atoms with Crippen LogP contribution >= 0.6 is 37.2 Å². The van der Waals surface area contributed by atoms with Crippen molar-refractivity contribution < 1.29 is 9.90 Å². The van der Waals surface area contributed by atoms with Gasteiger partial charge in [0.2, 0.25) is 0 Å². The van der Waals surface area contributed by atoms with Crippen LogP contribution in [0.1, 0.15) is 0 Å². The number of halogens is 3. The minimum Gasteiger partial charge on any atom is -0.465 e. The van der Waals surface area contributed by atoms with Gasteiger partial charge >= 0.3 is 6.09 Å². The summed E-state index contributed by atoms with van der Waals surface area (Å²) in [6.45, 7) is 0. The van der Waals surface area contributed by atoms with Crippen molar-refractivity contribution in [3.63, 3.8) is 0 Å². The minimum atomic E-state index is -1.33. The van der Waals surface area contributed by atoms with E-state index in [1.165, 1.54) is 0 Å². The lowest BCUT2D eigenvalue weighted by Crippen LogP contribution is -2.03. The highest BCUT2D eigenvalue weighted by molar-refractivity contribution is 5.86. The third-order valence-electron chi connectivity index (χ3n) is 0. The summed E-state index contributed by atoms with van der Waals surface area (Å²) in [6.07, 6.45) is -1.33. The van der Waals surface area contributed by atoms with Crippen molar-refractivity contribution in [1.82, 2.24) is 0 Å². The molecule has 0 unspecified atom stereocenters. The van der Waals surface area contributed by atoms with Crippen LogP contribution in [0.4, 0.5) is 4.79 Å². The number of carbonyl (C=O) groups is 1. The van der Waals surface area contributed by atoms with Gasteiger partial charge in [0, 0.05) is 0 Å². The van der Waals surface area contributed by atoms with Crippen molar-refractivity contribution in [3.05, 3.63) is 0 Å². The molecule has 0 aliphatic rings. The van der Waals surface area contributed by atoms with E-state index < -0.39 is 6.09 Å². The molecule has 0 fully saturated rings. The number of hydrogen-bond donors (Lipinski definition) is 2. The van der Waals surface area contributed by atoms with Gasteiger partial charge in [0.1, 0.15) is 0 Å². The van der Waals surface area contributed by atoms with Gasteiger partial charge in [-0.25, -0.2) is 4.79 Å². The molecule has 7 heavy (non-hydrogen) atoms. The Kier molecular flexibility index (Phi) is 64.2. The number of amides is 1. The van der Waals surface area contributed by atoms with Crippen LogP contribution in [0.15, 0.2) is 0 Å². The topological polar surface area (TPSA) is 63.3 Å². The van der Waals surface area contributed by atoms with Crippen LogP contribution in [0.2, 0.25) is 0 Å². The second kappa shape index (κ2) is 16.5. The van der Waals surface area contributed by atoms with Crippen molar-refractivity contribution in [2.75, 3.05) is 0 Å². The first kappa shape index (κ1) is 27.3. The lowest BCUT2D eigenvalue weighted by molar-refractivity contribution is 0.205. The van der Waals surface area contributed by atoms with E-state index >= 15 is 0 Å². The quantitative estimate of drug-likeness (QED) is 0.567. The average Bonchev–Trinajstić information content (AvgIpc) is 0.811. The Bertz CT molecular complexity index is 35.9. The van der Waals surface area contributed by atoms with Crippen molar-refractivity contribution in [1.29, 1.82) is 0 Å². The fourth-order valence-corrected chi connectivity index (χ4v) is 0. The molecule has 0 aromatic heterocycles. The SMILES string of the molecule is Cl.Cl.Cl.NC(=O)O. The molecule has 0 bridgehead atoms. The van der Waals surface area contributed by atoms with Crippen LogP contribution in [-0.2, 0) is 0 Å². The molecule has 0 atom stereocenters. The normalized spacial score (nSPS) is 3.43. The van der Waals surface area contributed by atoms with E-state index in [0.29, 0.717) is 0 Å². The molecule has 3 N–H and O–H groups in total. The summed E-state index contributed by atoms with van der Waals surface area (Å²) in [4.78, 5) is 8.78. The summed E-state index contributed by atoms with van der Waals surface area (Å²) in [5.74, 6) is 0. The molecule has 0 rings (SSSR count). The van der Waals surface area contributed by atoms with Crippen LogP contribution in [0.25, 0.3) is 0 Å². The first-order valence-electron chi connectivity index (χ1n) is 0.716. The van der Waals surface area contributed by atoms with Crippen molar-refractivity contribution in [2.24, 2.45) is 5.73 Å². The fraction of sp³-hybridized carbons (Fsp3) is 0. The minimum absolute atomic E-state index is 0. The molecule has 6 heteroatoms. The van der Waals surface area contributed by atoms with Crippen molar-refractivity contribution in [2.45, 2.75) is 0 Å². The summed E-state index contributed by atoms with van der Waals surface area (Å²) in [7, 11) is 0. The molecule has 3 nitrogen and oxygen atoms in total. The molecule has 0 radical (unpaired) electrons. The smallest absolute Gasteiger partial charge is 0.402 e. The predicted molar refractivity (Wildman–Crippen MR) is 34.0 cm³/mol. The molecule has 1 amide bonds. The second-order valence-electron chi connectivity index (χ2n) is 0.338. The molecular formula is CH6Cl3NO2.